The molecule has 0 aliphatic rings. The molecule has 0 spiro atoms. The summed E-state index contributed by atoms with van der Waals surface area (Å²) in [4.78, 5) is 11.0. The first-order valence-electron chi connectivity index (χ1n) is 5.39. The molecule has 0 radical (unpaired) electrons. The molecule has 0 aromatic heterocycles. The highest BCUT2D eigenvalue weighted by atomic mass is 79.9. The van der Waals surface area contributed by atoms with Crippen LogP contribution in [-0.2, 0) is 11.2 Å². The fourth-order valence-corrected chi connectivity index (χ4v) is 1.74. The Morgan fingerprint density at radius 1 is 1.44 bits per heavy atom. The van der Waals surface area contributed by atoms with Crippen LogP contribution in [0, 0.1) is 0 Å². The molecule has 1 atom stereocenters. The van der Waals surface area contributed by atoms with Crippen molar-refractivity contribution in [1.29, 1.82) is 0 Å². The van der Waals surface area contributed by atoms with Gasteiger partial charge >= 0.3 is 0 Å². The molecule has 88 valence electrons. The Balaban J connectivity index is 2.70. The summed E-state index contributed by atoms with van der Waals surface area (Å²) >= 11 is 3.36. The lowest BCUT2D eigenvalue weighted by Gasteiger charge is -2.11. The highest BCUT2D eigenvalue weighted by Gasteiger charge is 2.10. The van der Waals surface area contributed by atoms with Crippen LogP contribution in [0.25, 0.3) is 0 Å². The van der Waals surface area contributed by atoms with Crippen molar-refractivity contribution in [3.8, 4) is 5.75 Å². The van der Waals surface area contributed by atoms with Crippen LogP contribution in [0.1, 0.15) is 26.3 Å². The molecule has 16 heavy (non-hydrogen) atoms. The van der Waals surface area contributed by atoms with Crippen LogP contribution < -0.4 is 4.74 Å². The zero-order valence-corrected chi connectivity index (χ0v) is 11.5. The van der Waals surface area contributed by atoms with Gasteiger partial charge in [0.1, 0.15) is 11.5 Å². The Morgan fingerprint density at radius 3 is 2.69 bits per heavy atom. The molecular weight excluding hydrogens is 268 g/mol. The monoisotopic (exact) mass is 284 g/mol. The summed E-state index contributed by atoms with van der Waals surface area (Å²) in [5.74, 6) is 1.01. The number of hydrogen-bond donors (Lipinski definition) is 0. The van der Waals surface area contributed by atoms with Crippen molar-refractivity contribution in [2.45, 2.75) is 38.1 Å². The number of carbonyl (C=O) groups is 1. The maximum atomic E-state index is 11.1. The smallest absolute Gasteiger partial charge is 0.143 e. The Hall–Kier alpha value is -0.830. The summed E-state index contributed by atoms with van der Waals surface area (Å²) in [5.41, 5.74) is 1.11. The number of halogens is 1. The molecule has 1 aromatic carbocycles. The van der Waals surface area contributed by atoms with Gasteiger partial charge in [0.2, 0.25) is 0 Å². The number of rotatable bonds is 5. The number of ether oxygens (including phenoxy) is 1. The lowest BCUT2D eigenvalue weighted by Crippen LogP contribution is -2.13. The van der Waals surface area contributed by atoms with Crippen molar-refractivity contribution in [2.24, 2.45) is 0 Å². The van der Waals surface area contributed by atoms with Gasteiger partial charge in [0, 0.05) is 0 Å². The molecule has 0 amide bonds. The largest absolute Gasteiger partial charge is 0.491 e. The molecule has 1 unspecified atom stereocenters. The first-order valence-corrected chi connectivity index (χ1v) is 6.30. The molecule has 3 heteroatoms. The summed E-state index contributed by atoms with van der Waals surface area (Å²) in [6.07, 6.45) is 0.868. The van der Waals surface area contributed by atoms with E-state index in [4.69, 9.17) is 4.74 Å². The fourth-order valence-electron chi connectivity index (χ4n) is 1.37. The Bertz CT molecular complexity index is 361. The summed E-state index contributed by atoms with van der Waals surface area (Å²) in [5, 5.41) is 0. The van der Waals surface area contributed by atoms with Crippen molar-refractivity contribution in [1.82, 2.24) is 0 Å². The van der Waals surface area contributed by atoms with Crippen LogP contribution in [0.15, 0.2) is 24.3 Å². The van der Waals surface area contributed by atoms with E-state index in [0.717, 1.165) is 11.3 Å². The average Bonchev–Trinajstić information content (AvgIpc) is 2.16. The zero-order chi connectivity index (χ0) is 12.1. The number of alkyl halides is 1. The highest BCUT2D eigenvalue weighted by Crippen LogP contribution is 2.18. The molecule has 1 aromatic rings. The van der Waals surface area contributed by atoms with Crippen molar-refractivity contribution >= 4 is 21.7 Å². The third-order valence-electron chi connectivity index (χ3n) is 2.13. The third kappa shape index (κ3) is 4.35. The second-order valence-corrected chi connectivity index (χ2v) is 5.20. The molecule has 0 bridgehead atoms. The van der Waals surface area contributed by atoms with Crippen LogP contribution >= 0.6 is 15.9 Å². The Morgan fingerprint density at radius 2 is 2.12 bits per heavy atom. The summed E-state index contributed by atoms with van der Waals surface area (Å²) in [7, 11) is 0. The molecule has 0 saturated heterocycles. The molecule has 1 rings (SSSR count). The molecule has 2 nitrogen and oxygen atoms in total. The lowest BCUT2D eigenvalue weighted by atomic mass is 10.1. The summed E-state index contributed by atoms with van der Waals surface area (Å²) < 4.78 is 5.60. The number of benzene rings is 1. The van der Waals surface area contributed by atoms with Crippen LogP contribution in [0.5, 0.6) is 5.75 Å². The van der Waals surface area contributed by atoms with Crippen molar-refractivity contribution in [3.63, 3.8) is 0 Å². The lowest BCUT2D eigenvalue weighted by molar-refractivity contribution is -0.116. The van der Waals surface area contributed by atoms with E-state index in [1.807, 2.05) is 38.1 Å². The van der Waals surface area contributed by atoms with E-state index in [1.165, 1.54) is 0 Å². The van der Waals surface area contributed by atoms with E-state index < -0.39 is 0 Å². The minimum atomic E-state index is -0.109. The summed E-state index contributed by atoms with van der Waals surface area (Å²) in [6, 6.07) is 7.87. The van der Waals surface area contributed by atoms with Gasteiger partial charge in [-0.3, -0.25) is 4.79 Å². The van der Waals surface area contributed by atoms with Crippen LogP contribution in [0.3, 0.4) is 0 Å². The van der Waals surface area contributed by atoms with Gasteiger partial charge in [0.15, 0.2) is 0 Å². The van der Waals surface area contributed by atoms with Gasteiger partial charge in [-0.25, -0.2) is 0 Å². The van der Waals surface area contributed by atoms with Crippen molar-refractivity contribution in [2.75, 3.05) is 0 Å². The average molecular weight is 285 g/mol. The van der Waals surface area contributed by atoms with Crippen LogP contribution in [0.4, 0.5) is 0 Å². The SMILES string of the molecule is CC(=O)C(Br)Cc1cccc(OC(C)C)c1. The predicted molar refractivity (Wildman–Crippen MR) is 69.3 cm³/mol. The molecule has 0 saturated carbocycles. The molecule has 0 aliphatic heterocycles. The third-order valence-corrected chi connectivity index (χ3v) is 3.09. The van der Waals surface area contributed by atoms with E-state index in [2.05, 4.69) is 15.9 Å². The van der Waals surface area contributed by atoms with Gasteiger partial charge < -0.3 is 4.74 Å². The molecule has 0 N–H and O–H groups in total. The Labute approximate surface area is 105 Å². The number of Topliss-reactive ketones (excluding diaryl/α,β-unsaturated/α-hetero) is 1. The van der Waals surface area contributed by atoms with Gasteiger partial charge in [-0.2, -0.15) is 0 Å². The van der Waals surface area contributed by atoms with E-state index in [0.29, 0.717) is 6.42 Å². The van der Waals surface area contributed by atoms with Crippen molar-refractivity contribution < 1.29 is 9.53 Å². The van der Waals surface area contributed by atoms with E-state index in [1.54, 1.807) is 6.92 Å². The number of ketones is 1. The Kier molecular flexibility index (Phi) is 5.00. The van der Waals surface area contributed by atoms with E-state index in [9.17, 15) is 4.79 Å². The predicted octanol–water partition coefficient (Wildman–Crippen LogP) is 3.37. The quantitative estimate of drug-likeness (QED) is 0.775. The minimum absolute atomic E-state index is 0.109. The first-order chi connectivity index (χ1) is 7.49. The van der Waals surface area contributed by atoms with E-state index >= 15 is 0 Å². The van der Waals surface area contributed by atoms with Crippen molar-refractivity contribution in [3.05, 3.63) is 29.8 Å². The normalized spacial score (nSPS) is 12.6. The molecule has 0 heterocycles. The van der Waals surface area contributed by atoms with Gasteiger partial charge in [0.05, 0.1) is 10.9 Å². The van der Waals surface area contributed by atoms with Crippen LogP contribution in [-0.4, -0.2) is 16.7 Å². The minimum Gasteiger partial charge on any atom is -0.491 e. The van der Waals surface area contributed by atoms with Gasteiger partial charge in [-0.15, -0.1) is 0 Å². The second-order valence-electron chi connectivity index (χ2n) is 4.10. The standard InChI is InChI=1S/C13H17BrO2/c1-9(2)16-12-6-4-5-11(7-12)8-13(14)10(3)15/h4-7,9,13H,8H2,1-3H3. The van der Waals surface area contributed by atoms with E-state index in [-0.39, 0.29) is 16.7 Å². The van der Waals surface area contributed by atoms with Gasteiger partial charge in [-0.05, 0) is 44.9 Å². The topological polar surface area (TPSA) is 26.3 Å². The van der Waals surface area contributed by atoms with Gasteiger partial charge in [-0.1, -0.05) is 28.1 Å². The molecular formula is C13H17BrO2. The first kappa shape index (κ1) is 13.2. The highest BCUT2D eigenvalue weighted by molar-refractivity contribution is 9.10. The van der Waals surface area contributed by atoms with Crippen LogP contribution in [0.2, 0.25) is 0 Å². The second kappa shape index (κ2) is 6.04. The molecule has 0 fully saturated rings. The van der Waals surface area contributed by atoms with Gasteiger partial charge in [0.25, 0.3) is 0 Å². The maximum Gasteiger partial charge on any atom is 0.143 e. The zero-order valence-electron chi connectivity index (χ0n) is 9.87. The fraction of sp³-hybridized carbons (Fsp3) is 0.462. The number of carbonyl (C=O) groups excluding carboxylic acids is 1. The molecule has 0 aliphatic carbocycles. The number of hydrogen-bond acceptors (Lipinski definition) is 2. The summed E-state index contributed by atoms with van der Waals surface area (Å²) in [6.45, 7) is 5.58. The maximum absolute atomic E-state index is 11.1.